The van der Waals surface area contributed by atoms with E-state index in [4.69, 9.17) is 0 Å². The molecule has 0 saturated carbocycles. The maximum Gasteiger partial charge on any atom is -1.00 e. The molecular weight excluding hydrogens is 527 g/mol. The summed E-state index contributed by atoms with van der Waals surface area (Å²) in [5.74, 6) is 1.64. The van der Waals surface area contributed by atoms with Crippen LogP contribution in [0.1, 0.15) is 56.4 Å². The minimum Gasteiger partial charge on any atom is -1.00 e. The van der Waals surface area contributed by atoms with Crippen molar-refractivity contribution in [2.24, 2.45) is 11.8 Å². The zero-order valence-corrected chi connectivity index (χ0v) is 25.3. The van der Waals surface area contributed by atoms with Gasteiger partial charge in [-0.2, -0.15) is 0 Å². The van der Waals surface area contributed by atoms with Crippen LogP contribution in [0.25, 0.3) is 11.1 Å². The Morgan fingerprint density at radius 1 is 0.906 bits per heavy atom. The smallest absolute Gasteiger partial charge is 1.00 e. The second-order valence-electron chi connectivity index (χ2n) is 10.1. The van der Waals surface area contributed by atoms with Crippen LogP contribution in [0.15, 0.2) is 51.8 Å². The zero-order valence-electron chi connectivity index (χ0n) is 20.4. The van der Waals surface area contributed by atoms with Crippen LogP contribution in [0.5, 0.6) is 0 Å². The van der Waals surface area contributed by atoms with E-state index in [1.807, 2.05) is 6.55 Å². The number of benzene rings is 2. The van der Waals surface area contributed by atoms with Gasteiger partial charge in [-0.3, -0.25) is 0 Å². The third-order valence-electron chi connectivity index (χ3n) is 6.44. The fourth-order valence-electron chi connectivity index (χ4n) is 5.34. The van der Waals surface area contributed by atoms with Crippen LogP contribution in [-0.4, -0.2) is 5.43 Å². The average Bonchev–Trinajstić information content (AvgIpc) is 3.30. The van der Waals surface area contributed by atoms with Gasteiger partial charge in [-0.15, -0.1) is 0 Å². The molecule has 0 N–H and O–H groups in total. The predicted octanol–water partition coefficient (Wildman–Crippen LogP) is 1.27. The normalized spacial score (nSPS) is 13.2. The van der Waals surface area contributed by atoms with Gasteiger partial charge < -0.3 is 24.8 Å². The Labute approximate surface area is 216 Å². The molecule has 0 aromatic heterocycles. The van der Waals surface area contributed by atoms with Crippen molar-refractivity contribution in [3.63, 3.8) is 0 Å². The minimum absolute atomic E-state index is 0. The third-order valence-corrected chi connectivity index (χ3v) is 26.8. The molecule has 170 valence electrons. The van der Waals surface area contributed by atoms with E-state index >= 15 is 0 Å². The van der Waals surface area contributed by atoms with Gasteiger partial charge in [0.25, 0.3) is 0 Å². The van der Waals surface area contributed by atoms with Crippen LogP contribution in [0, 0.1) is 25.7 Å². The molecule has 32 heavy (non-hydrogen) atoms. The van der Waals surface area contributed by atoms with Crippen LogP contribution in [-0.2, 0) is 26.8 Å². The van der Waals surface area contributed by atoms with Gasteiger partial charge in [0, 0.05) is 0 Å². The molecule has 0 aliphatic heterocycles. The molecular formula is C28H36Cl2SiZr. The topological polar surface area (TPSA) is 0 Å². The minimum atomic E-state index is -1.96. The van der Waals surface area contributed by atoms with Gasteiger partial charge in [0.2, 0.25) is 0 Å². The number of hydrogen-bond acceptors (Lipinski definition) is 0. The van der Waals surface area contributed by atoms with Gasteiger partial charge in [0.05, 0.1) is 0 Å². The quantitative estimate of drug-likeness (QED) is 0.397. The Bertz CT molecular complexity index is 1070. The van der Waals surface area contributed by atoms with E-state index in [1.54, 1.807) is 22.3 Å². The number of allylic oxidation sites excluding steroid dienone is 4. The standard InChI is InChI=1S/C15H13.C8H18Si.C5H5.2ClH.Zr/c1-10-3-5-14-12(7-10)9-13-8-11(2)4-6-15(13)14;1-7(2)5-9-6-8(3)4;1-2-4-5-3-1;;;/h3-7H,9H2,1-2H3;7-8H,5-6H2,1-4H3;1-3H,4H2;2*1H;/q;;;;;+2/p-2. The summed E-state index contributed by atoms with van der Waals surface area (Å²) >= 11 is -1.96. The Morgan fingerprint density at radius 2 is 1.56 bits per heavy atom. The van der Waals surface area contributed by atoms with Crippen LogP contribution in [0.4, 0.5) is 0 Å². The molecule has 0 saturated heterocycles. The monoisotopic (exact) mass is 560 g/mol. The maximum absolute atomic E-state index is 2.53. The molecule has 0 unspecified atom stereocenters. The summed E-state index contributed by atoms with van der Waals surface area (Å²) in [5, 5.41) is 0. The third kappa shape index (κ3) is 5.80. The first kappa shape index (κ1) is 27.8. The number of halogens is 2. The molecule has 2 aliphatic carbocycles. The first-order valence-corrected chi connectivity index (χ1v) is 19.7. The Morgan fingerprint density at radius 3 is 2.16 bits per heavy atom. The van der Waals surface area contributed by atoms with Crippen molar-refractivity contribution < 1.29 is 45.2 Å². The summed E-state index contributed by atoms with van der Waals surface area (Å²) in [7, 11) is 0. The molecule has 0 nitrogen and oxygen atoms in total. The van der Waals surface area contributed by atoms with Gasteiger partial charge in [0.1, 0.15) is 0 Å². The summed E-state index contributed by atoms with van der Waals surface area (Å²) in [6, 6.07) is 15.0. The second-order valence-corrected chi connectivity index (χ2v) is 25.0. The molecule has 2 aromatic rings. The summed E-state index contributed by atoms with van der Waals surface area (Å²) < 4.78 is 3.75. The number of rotatable bonds is 6. The molecule has 0 bridgehead atoms. The SMILES string of the molecule is Cc1ccc2c(c1)Cc1c-2ccc(C)[c]1[Zr+2]([C]1=CC=CC1)=[Si](CC(C)C)CC(C)C.[Cl-].[Cl-]. The predicted molar refractivity (Wildman–Crippen MR) is 131 cm³/mol. The molecule has 2 aromatic carbocycles. The first-order chi connectivity index (χ1) is 14.3. The van der Waals surface area contributed by atoms with Crippen LogP contribution in [0.2, 0.25) is 12.1 Å². The number of aryl methyl sites for hydroxylation is 2. The van der Waals surface area contributed by atoms with Gasteiger partial charge >= 0.3 is 193 Å². The van der Waals surface area contributed by atoms with E-state index in [2.05, 4.69) is 90.1 Å². The Balaban J connectivity index is 0.00000181. The molecule has 4 heteroatoms. The number of hydrogen-bond donors (Lipinski definition) is 0. The van der Waals surface area contributed by atoms with E-state index in [0.717, 1.165) is 18.3 Å². The summed E-state index contributed by atoms with van der Waals surface area (Å²) in [5.41, 5.74) is 8.94. The maximum atomic E-state index is 2.53. The zero-order chi connectivity index (χ0) is 21.4. The van der Waals surface area contributed by atoms with Crippen molar-refractivity contribution in [3.8, 4) is 11.1 Å². The van der Waals surface area contributed by atoms with Gasteiger partial charge in [-0.05, 0) is 0 Å². The van der Waals surface area contributed by atoms with E-state index in [1.165, 1.54) is 29.6 Å². The van der Waals surface area contributed by atoms with Crippen molar-refractivity contribution in [2.45, 2.75) is 66.5 Å². The molecule has 0 radical (unpaired) electrons. The molecule has 0 amide bonds. The molecule has 2 aliphatic rings. The summed E-state index contributed by atoms with van der Waals surface area (Å²) in [6.45, 7) is 14.5. The Kier molecular flexibility index (Phi) is 10.3. The fraction of sp³-hybridized carbons (Fsp3) is 0.429. The van der Waals surface area contributed by atoms with Crippen molar-refractivity contribution in [1.29, 1.82) is 0 Å². The van der Waals surface area contributed by atoms with E-state index in [9.17, 15) is 0 Å². The fourth-order valence-corrected chi connectivity index (χ4v) is 31.5. The van der Waals surface area contributed by atoms with Crippen molar-refractivity contribution in [2.75, 3.05) is 0 Å². The molecule has 0 spiro atoms. The van der Waals surface area contributed by atoms with Crippen LogP contribution < -0.4 is 28.1 Å². The molecule has 0 fully saturated rings. The van der Waals surface area contributed by atoms with Crippen LogP contribution in [0.3, 0.4) is 0 Å². The van der Waals surface area contributed by atoms with E-state index in [0.29, 0.717) is 0 Å². The largest absolute Gasteiger partial charge is 1.00 e. The van der Waals surface area contributed by atoms with Crippen molar-refractivity contribution in [1.82, 2.24) is 0 Å². The van der Waals surface area contributed by atoms with E-state index in [-0.39, 0.29) is 30.2 Å². The molecule has 0 atom stereocenters. The second kappa shape index (κ2) is 11.8. The van der Waals surface area contributed by atoms with Gasteiger partial charge in [-0.1, -0.05) is 0 Å². The van der Waals surface area contributed by atoms with Crippen molar-refractivity contribution in [3.05, 3.63) is 74.1 Å². The van der Waals surface area contributed by atoms with Gasteiger partial charge in [-0.25, -0.2) is 0 Å². The molecule has 0 heterocycles. The van der Waals surface area contributed by atoms with Crippen molar-refractivity contribution >= 4 is 8.70 Å². The number of fused-ring (bicyclic) bond motifs is 3. The van der Waals surface area contributed by atoms with E-state index < -0.39 is 20.4 Å². The van der Waals surface area contributed by atoms with Gasteiger partial charge in [0.15, 0.2) is 0 Å². The molecule has 4 rings (SSSR count). The first-order valence-electron chi connectivity index (χ1n) is 11.7. The Hall–Kier alpha value is -0.400. The summed E-state index contributed by atoms with van der Waals surface area (Å²) in [4.78, 5) is 0. The average molecular weight is 563 g/mol. The summed E-state index contributed by atoms with van der Waals surface area (Å²) in [6.07, 6.45) is 9.68. The van der Waals surface area contributed by atoms with Crippen LogP contribution >= 0.6 is 0 Å².